The number of rotatable bonds is 2. The van der Waals surface area contributed by atoms with Crippen LogP contribution < -0.4 is 10.2 Å². The lowest BCUT2D eigenvalue weighted by molar-refractivity contribution is -0.135. The van der Waals surface area contributed by atoms with Gasteiger partial charge in [0, 0.05) is 25.7 Å². The van der Waals surface area contributed by atoms with E-state index in [9.17, 15) is 4.79 Å². The quantitative estimate of drug-likeness (QED) is 0.905. The number of amides is 1. The lowest BCUT2D eigenvalue weighted by atomic mass is 9.99. The Morgan fingerprint density at radius 1 is 1.32 bits per heavy atom. The normalized spacial score (nSPS) is 25.7. The highest BCUT2D eigenvalue weighted by atomic mass is 16.5. The van der Waals surface area contributed by atoms with Crippen LogP contribution >= 0.6 is 0 Å². The van der Waals surface area contributed by atoms with Crippen LogP contribution in [0.3, 0.4) is 0 Å². The maximum absolute atomic E-state index is 13.0. The van der Waals surface area contributed by atoms with E-state index >= 15 is 0 Å². The highest BCUT2D eigenvalue weighted by Crippen LogP contribution is 2.33. The number of nitrogens with zero attached hydrogens (tertiary/aromatic N) is 2. The molecule has 2 aliphatic heterocycles. The molecule has 22 heavy (non-hydrogen) atoms. The first-order chi connectivity index (χ1) is 10.6. The molecule has 1 aromatic rings. The predicted octanol–water partition coefficient (Wildman–Crippen LogP) is 1.80. The first-order valence-electron chi connectivity index (χ1n) is 8.03. The van der Waals surface area contributed by atoms with Crippen molar-refractivity contribution in [2.45, 2.75) is 26.0 Å². The number of morpholine rings is 1. The Bertz CT molecular complexity index is 546. The molecule has 120 valence electrons. The molecular weight excluding hydrogens is 278 g/mol. The van der Waals surface area contributed by atoms with Crippen LogP contribution in [0.5, 0.6) is 0 Å². The fourth-order valence-electron chi connectivity index (χ4n) is 3.06. The van der Waals surface area contributed by atoms with Crippen molar-refractivity contribution in [1.29, 1.82) is 0 Å². The Kier molecular flexibility index (Phi) is 4.36. The number of para-hydroxylation sites is 2. The Labute approximate surface area is 132 Å². The summed E-state index contributed by atoms with van der Waals surface area (Å²) in [5.41, 5.74) is 1.99. The Morgan fingerprint density at radius 2 is 2.09 bits per heavy atom. The molecule has 2 heterocycles. The van der Waals surface area contributed by atoms with Crippen molar-refractivity contribution in [3.05, 3.63) is 24.3 Å². The monoisotopic (exact) mass is 303 g/mol. The van der Waals surface area contributed by atoms with Crippen LogP contribution in [-0.4, -0.2) is 56.2 Å². The third-order valence-corrected chi connectivity index (χ3v) is 4.53. The molecule has 1 amide bonds. The van der Waals surface area contributed by atoms with Gasteiger partial charge in [-0.1, -0.05) is 26.0 Å². The molecule has 0 saturated carbocycles. The molecule has 0 radical (unpaired) electrons. The van der Waals surface area contributed by atoms with Crippen molar-refractivity contribution in [2.24, 2.45) is 5.92 Å². The molecular formula is C17H25N3O2. The van der Waals surface area contributed by atoms with Gasteiger partial charge in [-0.25, -0.2) is 0 Å². The second-order valence-electron chi connectivity index (χ2n) is 6.58. The fraction of sp³-hybridized carbons (Fsp3) is 0.588. The summed E-state index contributed by atoms with van der Waals surface area (Å²) >= 11 is 0. The number of anilines is 2. The molecule has 1 N–H and O–H groups in total. The number of carbonyl (C=O) groups is 1. The van der Waals surface area contributed by atoms with E-state index in [1.165, 1.54) is 0 Å². The van der Waals surface area contributed by atoms with Crippen molar-refractivity contribution < 1.29 is 9.53 Å². The number of hydrogen-bond acceptors (Lipinski definition) is 4. The third-order valence-electron chi connectivity index (χ3n) is 4.53. The molecule has 0 aliphatic carbocycles. The number of nitrogens with one attached hydrogen (secondary N) is 1. The van der Waals surface area contributed by atoms with Crippen molar-refractivity contribution in [3.8, 4) is 0 Å². The summed E-state index contributed by atoms with van der Waals surface area (Å²) in [4.78, 5) is 17.0. The molecule has 5 heteroatoms. The van der Waals surface area contributed by atoms with E-state index in [0.717, 1.165) is 17.9 Å². The van der Waals surface area contributed by atoms with Crippen LogP contribution in [-0.2, 0) is 9.53 Å². The number of hydrogen-bond donors (Lipinski definition) is 1. The number of benzene rings is 1. The molecule has 0 aromatic heterocycles. The average Bonchev–Trinajstić information content (AvgIpc) is 2.53. The van der Waals surface area contributed by atoms with Gasteiger partial charge < -0.3 is 19.9 Å². The molecule has 2 atom stereocenters. The molecule has 0 unspecified atom stereocenters. The van der Waals surface area contributed by atoms with Gasteiger partial charge in [0.05, 0.1) is 18.0 Å². The topological polar surface area (TPSA) is 44.8 Å². The summed E-state index contributed by atoms with van der Waals surface area (Å²) in [6.45, 7) is 7.22. The second-order valence-corrected chi connectivity index (χ2v) is 6.58. The van der Waals surface area contributed by atoms with E-state index in [0.29, 0.717) is 25.6 Å². The SMILES string of the molecule is CC(C)[C@@H]1CN(C(=O)[C@@H]2CN(C)CCO2)c2ccccc2N1. The van der Waals surface area contributed by atoms with Crippen molar-refractivity contribution in [3.63, 3.8) is 0 Å². The number of likely N-dealkylation sites (N-methyl/N-ethyl adjacent to an activating group) is 1. The van der Waals surface area contributed by atoms with Gasteiger partial charge in [0.25, 0.3) is 5.91 Å². The number of carbonyl (C=O) groups excluding carboxylic acids is 1. The molecule has 2 aliphatic rings. The van der Waals surface area contributed by atoms with E-state index in [-0.39, 0.29) is 18.1 Å². The zero-order chi connectivity index (χ0) is 15.7. The summed E-state index contributed by atoms with van der Waals surface area (Å²) in [7, 11) is 2.03. The van der Waals surface area contributed by atoms with Crippen molar-refractivity contribution in [1.82, 2.24) is 4.90 Å². The number of ether oxygens (including phenoxy) is 1. The van der Waals surface area contributed by atoms with E-state index in [1.54, 1.807) is 0 Å². The summed E-state index contributed by atoms with van der Waals surface area (Å²) in [6, 6.07) is 8.29. The maximum atomic E-state index is 13.0. The lowest BCUT2D eigenvalue weighted by Gasteiger charge is -2.40. The van der Waals surface area contributed by atoms with Gasteiger partial charge in [0.2, 0.25) is 0 Å². The molecule has 3 rings (SSSR count). The van der Waals surface area contributed by atoms with Crippen molar-refractivity contribution >= 4 is 17.3 Å². The molecule has 1 saturated heterocycles. The van der Waals surface area contributed by atoms with Crippen LogP contribution in [0.2, 0.25) is 0 Å². The van der Waals surface area contributed by atoms with Gasteiger partial charge in [-0.2, -0.15) is 0 Å². The smallest absolute Gasteiger partial charge is 0.257 e. The second kappa shape index (κ2) is 6.26. The molecule has 5 nitrogen and oxygen atoms in total. The van der Waals surface area contributed by atoms with E-state index in [2.05, 4.69) is 24.1 Å². The predicted molar refractivity (Wildman–Crippen MR) is 88.3 cm³/mol. The van der Waals surface area contributed by atoms with Gasteiger partial charge in [-0.15, -0.1) is 0 Å². The minimum Gasteiger partial charge on any atom is -0.379 e. The third kappa shape index (κ3) is 2.96. The van der Waals surface area contributed by atoms with Crippen LogP contribution in [0.15, 0.2) is 24.3 Å². The van der Waals surface area contributed by atoms with Crippen LogP contribution in [0, 0.1) is 5.92 Å². The highest BCUT2D eigenvalue weighted by molar-refractivity contribution is 6.00. The Morgan fingerprint density at radius 3 is 2.82 bits per heavy atom. The average molecular weight is 303 g/mol. The summed E-state index contributed by atoms with van der Waals surface area (Å²) in [6.07, 6.45) is -0.363. The Balaban J connectivity index is 1.86. The standard InChI is InChI=1S/C17H25N3O2/c1-12(2)14-10-20(15-7-5-4-6-13(15)18-14)17(21)16-11-19(3)8-9-22-16/h4-7,12,14,16,18H,8-11H2,1-3H3/t14-,16-/m0/s1. The van der Waals surface area contributed by atoms with Gasteiger partial charge in [0.15, 0.2) is 0 Å². The largest absolute Gasteiger partial charge is 0.379 e. The summed E-state index contributed by atoms with van der Waals surface area (Å²) < 4.78 is 5.72. The zero-order valence-electron chi connectivity index (χ0n) is 13.6. The van der Waals surface area contributed by atoms with E-state index < -0.39 is 0 Å². The molecule has 0 bridgehead atoms. The van der Waals surface area contributed by atoms with Crippen LogP contribution in [0.4, 0.5) is 11.4 Å². The van der Waals surface area contributed by atoms with E-state index in [1.807, 2.05) is 36.2 Å². The summed E-state index contributed by atoms with van der Waals surface area (Å²) in [5, 5.41) is 3.55. The maximum Gasteiger partial charge on any atom is 0.257 e. The van der Waals surface area contributed by atoms with Crippen LogP contribution in [0.1, 0.15) is 13.8 Å². The fourth-order valence-corrected chi connectivity index (χ4v) is 3.06. The zero-order valence-corrected chi connectivity index (χ0v) is 13.6. The van der Waals surface area contributed by atoms with Gasteiger partial charge in [-0.05, 0) is 25.1 Å². The van der Waals surface area contributed by atoms with Crippen molar-refractivity contribution in [2.75, 3.05) is 43.5 Å². The summed E-state index contributed by atoms with van der Waals surface area (Å²) in [5.74, 6) is 0.532. The van der Waals surface area contributed by atoms with Gasteiger partial charge in [-0.3, -0.25) is 4.79 Å². The minimum atomic E-state index is -0.363. The lowest BCUT2D eigenvalue weighted by Crippen LogP contribution is -2.54. The van der Waals surface area contributed by atoms with E-state index in [4.69, 9.17) is 4.74 Å². The highest BCUT2D eigenvalue weighted by Gasteiger charge is 2.35. The molecule has 1 fully saturated rings. The first kappa shape index (κ1) is 15.3. The van der Waals surface area contributed by atoms with Gasteiger partial charge in [0.1, 0.15) is 6.10 Å². The molecule has 0 spiro atoms. The molecule has 1 aromatic carbocycles. The first-order valence-corrected chi connectivity index (χ1v) is 8.03. The van der Waals surface area contributed by atoms with Gasteiger partial charge >= 0.3 is 0 Å². The number of fused-ring (bicyclic) bond motifs is 1. The van der Waals surface area contributed by atoms with Crippen LogP contribution in [0.25, 0.3) is 0 Å². The minimum absolute atomic E-state index is 0.0751. The Hall–Kier alpha value is -1.59.